The van der Waals surface area contributed by atoms with Crippen molar-refractivity contribution in [2.75, 3.05) is 0 Å². The van der Waals surface area contributed by atoms with Crippen molar-refractivity contribution in [2.24, 2.45) is 12.2 Å². The number of hydrogen-bond donors (Lipinski definition) is 0. The van der Waals surface area contributed by atoms with E-state index in [0.717, 1.165) is 11.4 Å². The third-order valence-corrected chi connectivity index (χ3v) is 5.92. The average molecular weight is 252 g/mol. The van der Waals surface area contributed by atoms with Crippen molar-refractivity contribution in [3.05, 3.63) is 24.0 Å². The van der Waals surface area contributed by atoms with Gasteiger partial charge in [0.25, 0.3) is 9.04 Å². The summed E-state index contributed by atoms with van der Waals surface area (Å²) in [7, 11) is 0.769. The Morgan fingerprint density at radius 2 is 1.88 bits per heavy atom. The minimum Gasteiger partial charge on any atom is -0.458 e. The lowest BCUT2D eigenvalue weighted by Crippen LogP contribution is -2.24. The van der Waals surface area contributed by atoms with Crippen LogP contribution in [-0.4, -0.2) is 19.3 Å². The highest BCUT2D eigenvalue weighted by Gasteiger charge is 2.23. The van der Waals surface area contributed by atoms with Crippen LogP contribution in [0.3, 0.4) is 0 Å². The van der Waals surface area contributed by atoms with Crippen LogP contribution in [0.15, 0.2) is 23.5 Å². The minimum absolute atomic E-state index is 0.611. The molecular formula is C13H24N2OSi. The Balaban J connectivity index is 2.73. The van der Waals surface area contributed by atoms with Gasteiger partial charge in [-0.05, 0) is 30.1 Å². The number of rotatable bonds is 5. The third kappa shape index (κ3) is 3.73. The van der Waals surface area contributed by atoms with Crippen LogP contribution in [0.4, 0.5) is 0 Å². The van der Waals surface area contributed by atoms with Crippen LogP contribution in [0.2, 0.25) is 11.1 Å². The van der Waals surface area contributed by atoms with E-state index in [1.807, 2.05) is 26.2 Å². The summed E-state index contributed by atoms with van der Waals surface area (Å²) in [5.41, 5.74) is 3.29. The monoisotopic (exact) mass is 252 g/mol. The summed E-state index contributed by atoms with van der Waals surface area (Å²) in [4.78, 5) is 0. The van der Waals surface area contributed by atoms with Crippen LogP contribution >= 0.6 is 0 Å². The topological polar surface area (TPSA) is 26.5 Å². The first-order chi connectivity index (χ1) is 7.93. The van der Waals surface area contributed by atoms with Gasteiger partial charge in [0.1, 0.15) is 0 Å². The van der Waals surface area contributed by atoms with E-state index in [-0.39, 0.29) is 0 Å². The maximum Gasteiger partial charge on any atom is 0.277 e. The predicted molar refractivity (Wildman–Crippen MR) is 76.1 cm³/mol. The molecule has 0 atom stereocenters. The first kappa shape index (κ1) is 14.0. The molecule has 0 aromatic carbocycles. The largest absolute Gasteiger partial charge is 0.458 e. The van der Waals surface area contributed by atoms with Crippen LogP contribution in [0, 0.1) is 0 Å². The van der Waals surface area contributed by atoms with Gasteiger partial charge in [-0.2, -0.15) is 0 Å². The predicted octanol–water partition coefficient (Wildman–Crippen LogP) is 3.31. The fraction of sp³-hybridized carbons (Fsp3) is 0.615. The van der Waals surface area contributed by atoms with E-state index in [4.69, 9.17) is 4.53 Å². The molecule has 0 unspecified atom stereocenters. The van der Waals surface area contributed by atoms with Crippen molar-refractivity contribution in [1.82, 2.24) is 4.57 Å². The van der Waals surface area contributed by atoms with Crippen LogP contribution in [0.25, 0.3) is 0 Å². The quantitative estimate of drug-likeness (QED) is 0.448. The lowest BCUT2D eigenvalue weighted by atomic mass is 10.3. The molecule has 0 amide bonds. The zero-order valence-electron chi connectivity index (χ0n) is 11.8. The van der Waals surface area contributed by atoms with Gasteiger partial charge >= 0.3 is 0 Å². The highest BCUT2D eigenvalue weighted by molar-refractivity contribution is 6.54. The highest BCUT2D eigenvalue weighted by Crippen LogP contribution is 2.21. The van der Waals surface area contributed by atoms with E-state index in [9.17, 15) is 0 Å². The van der Waals surface area contributed by atoms with Crippen molar-refractivity contribution >= 4 is 14.8 Å². The van der Waals surface area contributed by atoms with Gasteiger partial charge in [-0.3, -0.25) is 0 Å². The van der Waals surface area contributed by atoms with Crippen molar-refractivity contribution in [3.63, 3.8) is 0 Å². The average Bonchev–Trinajstić information content (AvgIpc) is 2.63. The fourth-order valence-corrected chi connectivity index (χ4v) is 4.34. The number of aromatic nitrogens is 1. The van der Waals surface area contributed by atoms with E-state index in [2.05, 4.69) is 43.5 Å². The van der Waals surface area contributed by atoms with Gasteiger partial charge in [-0.1, -0.05) is 27.7 Å². The van der Waals surface area contributed by atoms with Gasteiger partial charge in [0.05, 0.1) is 11.4 Å². The molecule has 17 heavy (non-hydrogen) atoms. The molecule has 0 bridgehead atoms. The lowest BCUT2D eigenvalue weighted by molar-refractivity contribution is 0.330. The second-order valence-corrected chi connectivity index (χ2v) is 9.05. The summed E-state index contributed by atoms with van der Waals surface area (Å²) in [5.74, 6) is 0. The Kier molecular flexibility index (Phi) is 4.99. The van der Waals surface area contributed by atoms with Gasteiger partial charge in [0.2, 0.25) is 0 Å². The number of hydrogen-bond acceptors (Lipinski definition) is 2. The molecule has 4 heteroatoms. The molecule has 0 radical (unpaired) electrons. The van der Waals surface area contributed by atoms with Gasteiger partial charge in [-0.25, -0.2) is 0 Å². The molecule has 0 N–H and O–H groups in total. The van der Waals surface area contributed by atoms with Crippen LogP contribution < -0.4 is 0 Å². The SMILES string of the molecule is CC(=NO[SiH](C(C)C)C(C)C)c1cccn1C. The van der Waals surface area contributed by atoms with Gasteiger partial charge in [0.15, 0.2) is 0 Å². The van der Waals surface area contributed by atoms with E-state index in [1.165, 1.54) is 0 Å². The van der Waals surface area contributed by atoms with Crippen molar-refractivity contribution in [2.45, 2.75) is 45.7 Å². The summed E-state index contributed by atoms with van der Waals surface area (Å²) in [6.45, 7) is 10.9. The molecule has 1 rings (SSSR count). The van der Waals surface area contributed by atoms with Crippen molar-refractivity contribution in [1.29, 1.82) is 0 Å². The van der Waals surface area contributed by atoms with Crippen LogP contribution in [-0.2, 0) is 11.6 Å². The Morgan fingerprint density at radius 3 is 2.29 bits per heavy atom. The van der Waals surface area contributed by atoms with E-state index in [0.29, 0.717) is 11.1 Å². The third-order valence-electron chi connectivity index (χ3n) is 2.94. The van der Waals surface area contributed by atoms with Crippen molar-refractivity contribution in [3.8, 4) is 0 Å². The summed E-state index contributed by atoms with van der Waals surface area (Å²) < 4.78 is 7.88. The molecule has 0 aliphatic heterocycles. The number of oxime groups is 1. The summed E-state index contributed by atoms with van der Waals surface area (Å²) in [5, 5.41) is 4.33. The molecule has 0 spiro atoms. The van der Waals surface area contributed by atoms with Crippen LogP contribution in [0.1, 0.15) is 40.3 Å². The van der Waals surface area contributed by atoms with E-state index >= 15 is 0 Å². The van der Waals surface area contributed by atoms with E-state index < -0.39 is 9.04 Å². The first-order valence-corrected chi connectivity index (χ1v) is 8.06. The smallest absolute Gasteiger partial charge is 0.277 e. The molecule has 1 aromatic rings. The highest BCUT2D eigenvalue weighted by atomic mass is 28.3. The van der Waals surface area contributed by atoms with Gasteiger partial charge < -0.3 is 9.09 Å². The molecule has 1 heterocycles. The Bertz CT molecular complexity index is 375. The second kappa shape index (κ2) is 6.05. The molecule has 0 saturated carbocycles. The van der Waals surface area contributed by atoms with Gasteiger partial charge in [-0.15, -0.1) is 5.16 Å². The molecule has 1 aromatic heterocycles. The van der Waals surface area contributed by atoms with Crippen LogP contribution in [0.5, 0.6) is 0 Å². The molecule has 0 saturated heterocycles. The first-order valence-electron chi connectivity index (χ1n) is 6.25. The standard InChI is InChI=1S/C13H24N2OSi/c1-10(2)17(11(3)4)16-14-12(5)13-8-7-9-15(13)6/h7-11,17H,1-6H3. The van der Waals surface area contributed by atoms with E-state index in [1.54, 1.807) is 0 Å². The molecule has 0 aliphatic carbocycles. The minimum atomic E-state index is -1.25. The summed E-state index contributed by atoms with van der Waals surface area (Å²) in [6, 6.07) is 4.08. The Labute approximate surface area is 106 Å². The second-order valence-electron chi connectivity index (χ2n) is 5.24. The fourth-order valence-electron chi connectivity index (χ4n) is 2.04. The molecule has 3 nitrogen and oxygen atoms in total. The molecule has 96 valence electrons. The summed E-state index contributed by atoms with van der Waals surface area (Å²) in [6.07, 6.45) is 2.02. The lowest BCUT2D eigenvalue weighted by Gasteiger charge is -2.20. The maximum absolute atomic E-state index is 5.82. The summed E-state index contributed by atoms with van der Waals surface area (Å²) >= 11 is 0. The zero-order valence-corrected chi connectivity index (χ0v) is 12.9. The zero-order chi connectivity index (χ0) is 13.0. The molecule has 0 fully saturated rings. The molecule has 0 aliphatic rings. The Hall–Kier alpha value is -1.03. The number of aryl methyl sites for hydroxylation is 1. The van der Waals surface area contributed by atoms with Gasteiger partial charge in [0, 0.05) is 13.2 Å². The Morgan fingerprint density at radius 1 is 1.29 bits per heavy atom. The molecular weight excluding hydrogens is 228 g/mol. The normalized spacial score (nSPS) is 12.9. The number of nitrogens with zero attached hydrogens (tertiary/aromatic N) is 2. The maximum atomic E-state index is 5.82. The van der Waals surface area contributed by atoms with Crippen molar-refractivity contribution < 1.29 is 4.53 Å².